The Morgan fingerprint density at radius 3 is 2.71 bits per heavy atom. The van der Waals surface area contributed by atoms with Gasteiger partial charge in [-0.15, -0.1) is 11.8 Å². The summed E-state index contributed by atoms with van der Waals surface area (Å²) in [6.45, 7) is 3.09. The molecule has 1 aliphatic rings. The largest absolute Gasteiger partial charge is 0.342 e. The van der Waals surface area contributed by atoms with Gasteiger partial charge in [-0.2, -0.15) is 0 Å². The minimum absolute atomic E-state index is 0.658. The molecule has 1 aromatic carbocycles. The van der Waals surface area contributed by atoms with Crippen molar-refractivity contribution in [1.82, 2.24) is 4.57 Å². The van der Waals surface area contributed by atoms with E-state index in [4.69, 9.17) is 12.2 Å². The molecule has 0 unspecified atom stereocenters. The first-order chi connectivity index (χ1) is 10.3. The Kier molecular flexibility index (Phi) is 4.55. The van der Waals surface area contributed by atoms with E-state index >= 15 is 0 Å². The van der Waals surface area contributed by atoms with E-state index in [0.717, 1.165) is 10.9 Å². The molecule has 2 nitrogen and oxygen atoms in total. The summed E-state index contributed by atoms with van der Waals surface area (Å²) in [7, 11) is 0. The number of hydrogen-bond acceptors (Lipinski definition) is 2. The lowest BCUT2D eigenvalue weighted by Crippen LogP contribution is -2.26. The maximum Gasteiger partial charge on any atom is 0.140 e. The van der Waals surface area contributed by atoms with Gasteiger partial charge in [0.1, 0.15) is 4.32 Å². The molecule has 3 rings (SSSR count). The zero-order chi connectivity index (χ0) is 14.8. The van der Waals surface area contributed by atoms with Crippen molar-refractivity contribution in [3.05, 3.63) is 30.5 Å². The molecule has 0 bridgehead atoms. The number of hydrogen-bond donors (Lipinski definition) is 0. The molecule has 2 aromatic rings. The molecule has 1 heterocycles. The minimum atomic E-state index is 0.658. The van der Waals surface area contributed by atoms with Gasteiger partial charge < -0.3 is 9.47 Å². The van der Waals surface area contributed by atoms with Gasteiger partial charge in [-0.3, -0.25) is 0 Å². The highest BCUT2D eigenvalue weighted by Gasteiger charge is 2.22. The lowest BCUT2D eigenvalue weighted by atomic mass is 10.2. The Morgan fingerprint density at radius 1 is 1.33 bits per heavy atom. The molecular formula is C17H22N2S2. The fourth-order valence-electron chi connectivity index (χ4n) is 3.39. The van der Waals surface area contributed by atoms with Crippen molar-refractivity contribution in [3.8, 4) is 0 Å². The normalized spacial score (nSPS) is 15.7. The SMILES string of the molecule is CCN(C(=S)SC)c1cn(C2CCCC2)c2ccccc12. The van der Waals surface area contributed by atoms with Crippen LogP contribution in [0.2, 0.25) is 0 Å². The molecular weight excluding hydrogens is 296 g/mol. The first kappa shape index (κ1) is 14.9. The van der Waals surface area contributed by atoms with Crippen LogP contribution in [-0.2, 0) is 0 Å². The lowest BCUT2D eigenvalue weighted by Gasteiger charge is -2.21. The second-order valence-electron chi connectivity index (χ2n) is 5.59. The smallest absolute Gasteiger partial charge is 0.140 e. The molecule has 0 spiro atoms. The quantitative estimate of drug-likeness (QED) is 0.716. The third kappa shape index (κ3) is 2.71. The van der Waals surface area contributed by atoms with Gasteiger partial charge in [-0.05, 0) is 32.1 Å². The number of benzene rings is 1. The number of fused-ring (bicyclic) bond motifs is 1. The maximum atomic E-state index is 5.54. The van der Waals surface area contributed by atoms with Crippen LogP contribution in [0.1, 0.15) is 38.6 Å². The maximum absolute atomic E-state index is 5.54. The molecule has 1 aromatic heterocycles. The summed E-state index contributed by atoms with van der Waals surface area (Å²) < 4.78 is 3.44. The van der Waals surface area contributed by atoms with Crippen molar-refractivity contribution in [2.45, 2.75) is 38.6 Å². The Balaban J connectivity index is 2.12. The predicted octanol–water partition coefficient (Wildman–Crippen LogP) is 5.23. The molecule has 0 aliphatic heterocycles. The summed E-state index contributed by atoms with van der Waals surface area (Å²) in [6, 6.07) is 9.39. The number of thioether (sulfide) groups is 1. The Hall–Kier alpha value is -1.00. The highest BCUT2D eigenvalue weighted by molar-refractivity contribution is 8.22. The topological polar surface area (TPSA) is 8.17 Å². The van der Waals surface area contributed by atoms with Gasteiger partial charge in [0.05, 0.1) is 11.2 Å². The van der Waals surface area contributed by atoms with E-state index in [0.29, 0.717) is 6.04 Å². The van der Waals surface area contributed by atoms with E-state index in [1.54, 1.807) is 11.8 Å². The average Bonchev–Trinajstić information content (AvgIpc) is 3.15. The molecule has 0 saturated heterocycles. The second kappa shape index (κ2) is 6.41. The summed E-state index contributed by atoms with van der Waals surface area (Å²) in [5, 5.41) is 1.32. The fraction of sp³-hybridized carbons (Fsp3) is 0.471. The molecule has 1 aliphatic carbocycles. The third-order valence-electron chi connectivity index (χ3n) is 4.44. The van der Waals surface area contributed by atoms with E-state index in [-0.39, 0.29) is 0 Å². The van der Waals surface area contributed by atoms with Gasteiger partial charge in [0.15, 0.2) is 0 Å². The van der Waals surface area contributed by atoms with Crippen LogP contribution in [0.4, 0.5) is 5.69 Å². The summed E-state index contributed by atoms with van der Waals surface area (Å²) >= 11 is 7.20. The summed E-state index contributed by atoms with van der Waals surface area (Å²) in [6.07, 6.45) is 9.70. The van der Waals surface area contributed by atoms with Gasteiger partial charge >= 0.3 is 0 Å². The Morgan fingerprint density at radius 2 is 2.05 bits per heavy atom. The van der Waals surface area contributed by atoms with Crippen molar-refractivity contribution in [1.29, 1.82) is 0 Å². The van der Waals surface area contributed by atoms with E-state index in [2.05, 4.69) is 53.1 Å². The highest BCUT2D eigenvalue weighted by atomic mass is 32.2. The van der Waals surface area contributed by atoms with Crippen molar-refractivity contribution < 1.29 is 0 Å². The van der Waals surface area contributed by atoms with E-state index < -0.39 is 0 Å². The average molecular weight is 319 g/mol. The van der Waals surface area contributed by atoms with Crippen molar-refractivity contribution in [2.75, 3.05) is 17.7 Å². The molecule has 21 heavy (non-hydrogen) atoms. The number of aromatic nitrogens is 1. The first-order valence-corrected chi connectivity index (χ1v) is 9.34. The fourth-order valence-corrected chi connectivity index (χ4v) is 4.07. The zero-order valence-corrected chi connectivity index (χ0v) is 14.3. The number of thiocarbonyl (C=S) groups is 1. The van der Waals surface area contributed by atoms with Gasteiger partial charge in [0, 0.05) is 24.2 Å². The number of rotatable bonds is 3. The van der Waals surface area contributed by atoms with Crippen LogP contribution in [0.25, 0.3) is 10.9 Å². The molecule has 0 radical (unpaired) electrons. The molecule has 0 atom stereocenters. The van der Waals surface area contributed by atoms with Crippen molar-refractivity contribution in [3.63, 3.8) is 0 Å². The monoisotopic (exact) mass is 318 g/mol. The van der Waals surface area contributed by atoms with E-state index in [1.807, 2.05) is 0 Å². The molecule has 1 fully saturated rings. The first-order valence-electron chi connectivity index (χ1n) is 7.71. The molecule has 1 saturated carbocycles. The van der Waals surface area contributed by atoms with E-state index in [1.165, 1.54) is 42.3 Å². The Bertz CT molecular complexity index is 641. The second-order valence-corrected chi connectivity index (χ2v) is 7.03. The zero-order valence-electron chi connectivity index (χ0n) is 12.7. The minimum Gasteiger partial charge on any atom is -0.342 e. The summed E-state index contributed by atoms with van der Waals surface area (Å²) in [4.78, 5) is 2.26. The van der Waals surface area contributed by atoms with Crippen LogP contribution in [0.3, 0.4) is 0 Å². The molecule has 112 valence electrons. The highest BCUT2D eigenvalue weighted by Crippen LogP contribution is 2.37. The summed E-state index contributed by atoms with van der Waals surface area (Å²) in [5.41, 5.74) is 2.61. The van der Waals surface area contributed by atoms with Crippen LogP contribution < -0.4 is 4.90 Å². The van der Waals surface area contributed by atoms with Crippen LogP contribution in [0, 0.1) is 0 Å². The van der Waals surface area contributed by atoms with Crippen LogP contribution in [-0.4, -0.2) is 21.7 Å². The number of nitrogens with zero attached hydrogens (tertiary/aromatic N) is 2. The lowest BCUT2D eigenvalue weighted by molar-refractivity contribution is 0.536. The van der Waals surface area contributed by atoms with Crippen LogP contribution in [0.5, 0.6) is 0 Å². The van der Waals surface area contributed by atoms with Gasteiger partial charge in [-0.25, -0.2) is 0 Å². The predicted molar refractivity (Wildman–Crippen MR) is 98.6 cm³/mol. The Labute approximate surface area is 136 Å². The van der Waals surface area contributed by atoms with Crippen molar-refractivity contribution >= 4 is 44.9 Å². The third-order valence-corrected chi connectivity index (χ3v) is 5.73. The summed E-state index contributed by atoms with van der Waals surface area (Å²) in [5.74, 6) is 0. The standard InChI is InChI=1S/C17H22N2S2/c1-3-18(17(20)21-2)16-12-19(13-8-4-5-9-13)15-11-7-6-10-14(15)16/h6-7,10-13H,3-5,8-9H2,1-2H3. The molecule has 0 N–H and O–H groups in total. The molecule has 4 heteroatoms. The van der Waals surface area contributed by atoms with Gasteiger partial charge in [0.25, 0.3) is 0 Å². The van der Waals surface area contributed by atoms with Gasteiger partial charge in [0.2, 0.25) is 0 Å². The van der Waals surface area contributed by atoms with Crippen LogP contribution in [0.15, 0.2) is 30.5 Å². The number of anilines is 1. The van der Waals surface area contributed by atoms with Crippen LogP contribution >= 0.6 is 24.0 Å². The molecule has 0 amide bonds. The van der Waals surface area contributed by atoms with E-state index in [9.17, 15) is 0 Å². The van der Waals surface area contributed by atoms with Gasteiger partial charge in [-0.1, -0.05) is 43.3 Å². The van der Waals surface area contributed by atoms with Crippen molar-refractivity contribution in [2.24, 2.45) is 0 Å². The number of para-hydroxylation sites is 1.